The van der Waals surface area contributed by atoms with Gasteiger partial charge in [0.05, 0.1) is 40.2 Å². The lowest BCUT2D eigenvalue weighted by molar-refractivity contribution is -0.138. The molecular weight excluding hydrogens is 466 g/mol. The average Bonchev–Trinajstić information content (AvgIpc) is 3.24. The highest BCUT2D eigenvalue weighted by molar-refractivity contribution is 7.91. The van der Waals surface area contributed by atoms with E-state index in [-0.39, 0.29) is 5.69 Å². The van der Waals surface area contributed by atoms with Crippen LogP contribution in [0.3, 0.4) is 0 Å². The van der Waals surface area contributed by atoms with E-state index in [0.717, 1.165) is 15.6 Å². The quantitative estimate of drug-likeness (QED) is 0.536. The van der Waals surface area contributed by atoms with E-state index in [9.17, 15) is 39.6 Å². The van der Waals surface area contributed by atoms with Gasteiger partial charge in [-0.1, -0.05) is 6.92 Å². The molecule has 0 aliphatic carbocycles. The van der Waals surface area contributed by atoms with Crippen molar-refractivity contribution >= 4 is 27.1 Å². The van der Waals surface area contributed by atoms with Gasteiger partial charge in [0.1, 0.15) is 4.90 Å². The maximum absolute atomic E-state index is 13.2. The molecule has 0 spiro atoms. The Labute approximate surface area is 176 Å². The molecule has 0 radical (unpaired) electrons. The standard InChI is InChI=1S/C18H12F6N4O3S/c1-2-32(30,31)14-13-6-9(17(19,20)21)3-4-28(13)26-15(14)27-8-12-11(16(27)29)5-10(7-25-12)18(22,23)24/h3-7H,2,8H2,1H3. The molecule has 0 fully saturated rings. The van der Waals surface area contributed by atoms with Crippen molar-refractivity contribution in [1.82, 2.24) is 14.6 Å². The average molecular weight is 478 g/mol. The summed E-state index contributed by atoms with van der Waals surface area (Å²) < 4.78 is 105. The summed E-state index contributed by atoms with van der Waals surface area (Å²) in [6, 6.07) is 1.87. The molecule has 1 aliphatic heterocycles. The van der Waals surface area contributed by atoms with Gasteiger partial charge in [0.25, 0.3) is 5.91 Å². The smallest absolute Gasteiger partial charge is 0.284 e. The fourth-order valence-corrected chi connectivity index (χ4v) is 4.49. The molecule has 7 nitrogen and oxygen atoms in total. The minimum atomic E-state index is -4.77. The number of anilines is 1. The van der Waals surface area contributed by atoms with E-state index in [2.05, 4.69) is 10.1 Å². The highest BCUT2D eigenvalue weighted by Crippen LogP contribution is 2.38. The van der Waals surface area contributed by atoms with Crippen LogP contribution in [0.15, 0.2) is 35.5 Å². The summed E-state index contributed by atoms with van der Waals surface area (Å²) in [5.74, 6) is -1.99. The van der Waals surface area contributed by atoms with Gasteiger partial charge < -0.3 is 0 Å². The van der Waals surface area contributed by atoms with E-state index >= 15 is 0 Å². The first-order chi connectivity index (χ1) is 14.7. The lowest BCUT2D eigenvalue weighted by Gasteiger charge is -2.14. The van der Waals surface area contributed by atoms with Gasteiger partial charge in [0.2, 0.25) is 0 Å². The third-order valence-corrected chi connectivity index (χ3v) is 6.70. The third-order valence-electron chi connectivity index (χ3n) is 4.93. The zero-order chi connectivity index (χ0) is 23.6. The first-order valence-electron chi connectivity index (χ1n) is 8.94. The first kappa shape index (κ1) is 22.0. The number of sulfone groups is 1. The van der Waals surface area contributed by atoms with Crippen LogP contribution in [0.25, 0.3) is 5.52 Å². The molecule has 0 unspecified atom stereocenters. The number of carbonyl (C=O) groups is 1. The predicted molar refractivity (Wildman–Crippen MR) is 97.7 cm³/mol. The van der Waals surface area contributed by atoms with Gasteiger partial charge in [0.15, 0.2) is 15.7 Å². The third kappa shape index (κ3) is 3.47. The van der Waals surface area contributed by atoms with Crippen LogP contribution in [0, 0.1) is 0 Å². The molecule has 4 heterocycles. The summed E-state index contributed by atoms with van der Waals surface area (Å²) in [6.45, 7) is 0.864. The molecule has 1 amide bonds. The van der Waals surface area contributed by atoms with Crippen molar-refractivity contribution in [3.8, 4) is 0 Å². The second-order valence-corrected chi connectivity index (χ2v) is 9.12. The van der Waals surface area contributed by atoms with Gasteiger partial charge in [-0.05, 0) is 18.2 Å². The zero-order valence-electron chi connectivity index (χ0n) is 16.0. The van der Waals surface area contributed by atoms with E-state index in [0.29, 0.717) is 24.4 Å². The lowest BCUT2D eigenvalue weighted by Crippen LogP contribution is -2.25. The largest absolute Gasteiger partial charge is 0.417 e. The number of pyridine rings is 2. The van der Waals surface area contributed by atoms with Crippen LogP contribution in [-0.4, -0.2) is 34.7 Å². The zero-order valence-corrected chi connectivity index (χ0v) is 16.8. The van der Waals surface area contributed by atoms with Crippen molar-refractivity contribution in [2.75, 3.05) is 10.7 Å². The molecule has 0 N–H and O–H groups in total. The Morgan fingerprint density at radius 2 is 1.72 bits per heavy atom. The predicted octanol–water partition coefficient (Wildman–Crippen LogP) is 3.72. The monoisotopic (exact) mass is 478 g/mol. The van der Waals surface area contributed by atoms with Crippen molar-refractivity contribution in [3.63, 3.8) is 0 Å². The molecule has 32 heavy (non-hydrogen) atoms. The summed E-state index contributed by atoms with van der Waals surface area (Å²) in [5.41, 5.74) is -3.15. The fraction of sp³-hybridized carbons (Fsp3) is 0.278. The Morgan fingerprint density at radius 1 is 1.06 bits per heavy atom. The van der Waals surface area contributed by atoms with Crippen LogP contribution in [0.5, 0.6) is 0 Å². The van der Waals surface area contributed by atoms with Crippen molar-refractivity contribution in [3.05, 3.63) is 53.0 Å². The summed E-state index contributed by atoms with van der Waals surface area (Å²) >= 11 is 0. The molecule has 0 saturated carbocycles. The van der Waals surface area contributed by atoms with E-state index in [1.54, 1.807) is 0 Å². The SMILES string of the molecule is CCS(=O)(=O)c1c(N2Cc3ncc(C(F)(F)F)cc3C2=O)nn2ccc(C(F)(F)F)cc12. The lowest BCUT2D eigenvalue weighted by atomic mass is 10.1. The molecule has 3 aromatic heterocycles. The van der Waals surface area contributed by atoms with Crippen LogP contribution in [0.2, 0.25) is 0 Å². The normalized spacial score (nSPS) is 15.0. The molecule has 0 aromatic carbocycles. The van der Waals surface area contributed by atoms with Crippen molar-refractivity contribution in [2.24, 2.45) is 0 Å². The molecule has 0 bridgehead atoms. The maximum Gasteiger partial charge on any atom is 0.417 e. The van der Waals surface area contributed by atoms with Gasteiger partial charge in [-0.3, -0.25) is 14.7 Å². The molecule has 1 aliphatic rings. The van der Waals surface area contributed by atoms with Gasteiger partial charge >= 0.3 is 12.4 Å². The second kappa shape index (κ2) is 6.92. The van der Waals surface area contributed by atoms with Crippen molar-refractivity contribution < 1.29 is 39.6 Å². The van der Waals surface area contributed by atoms with Gasteiger partial charge in [-0.25, -0.2) is 12.9 Å². The number of amides is 1. The summed E-state index contributed by atoms with van der Waals surface area (Å²) in [6.07, 6.45) is -8.09. The highest BCUT2D eigenvalue weighted by atomic mass is 32.2. The number of aromatic nitrogens is 3. The number of rotatable bonds is 3. The second-order valence-electron chi connectivity index (χ2n) is 6.91. The Hall–Kier alpha value is -3.16. The minimum absolute atomic E-state index is 0.0455. The summed E-state index contributed by atoms with van der Waals surface area (Å²) in [7, 11) is -4.20. The van der Waals surface area contributed by atoms with E-state index in [1.165, 1.54) is 6.92 Å². The number of hydrogen-bond acceptors (Lipinski definition) is 5. The topological polar surface area (TPSA) is 84.6 Å². The molecule has 14 heteroatoms. The minimum Gasteiger partial charge on any atom is -0.284 e. The van der Waals surface area contributed by atoms with Crippen LogP contribution < -0.4 is 4.90 Å². The van der Waals surface area contributed by atoms with E-state index < -0.39 is 73.3 Å². The van der Waals surface area contributed by atoms with Gasteiger partial charge in [-0.2, -0.15) is 26.3 Å². The van der Waals surface area contributed by atoms with E-state index in [1.807, 2.05) is 0 Å². The molecular formula is C18H12F6N4O3S. The first-order valence-corrected chi connectivity index (χ1v) is 10.6. The van der Waals surface area contributed by atoms with Crippen LogP contribution in [0.4, 0.5) is 32.2 Å². The summed E-state index contributed by atoms with van der Waals surface area (Å²) in [5, 5.41) is 3.96. The van der Waals surface area contributed by atoms with Crippen LogP contribution in [0.1, 0.15) is 34.1 Å². The molecule has 170 valence electrons. The number of hydrogen-bond donors (Lipinski definition) is 0. The number of nitrogens with zero attached hydrogens (tertiary/aromatic N) is 4. The molecule has 3 aromatic rings. The van der Waals surface area contributed by atoms with E-state index in [4.69, 9.17) is 0 Å². The Balaban J connectivity index is 1.91. The van der Waals surface area contributed by atoms with Crippen molar-refractivity contribution in [2.45, 2.75) is 30.7 Å². The molecule has 4 rings (SSSR count). The maximum atomic E-state index is 13.2. The Bertz CT molecular complexity index is 1360. The van der Waals surface area contributed by atoms with Gasteiger partial charge in [-0.15, -0.1) is 5.10 Å². The Morgan fingerprint density at radius 3 is 2.31 bits per heavy atom. The van der Waals surface area contributed by atoms with Crippen LogP contribution in [-0.2, 0) is 28.7 Å². The molecule has 0 atom stereocenters. The van der Waals surface area contributed by atoms with Gasteiger partial charge in [0, 0.05) is 12.4 Å². The molecule has 0 saturated heterocycles. The number of halogens is 6. The fourth-order valence-electron chi connectivity index (χ4n) is 3.30. The Kier molecular flexibility index (Phi) is 4.77. The van der Waals surface area contributed by atoms with Crippen molar-refractivity contribution in [1.29, 1.82) is 0 Å². The number of fused-ring (bicyclic) bond motifs is 2. The number of alkyl halides is 6. The van der Waals surface area contributed by atoms with Crippen LogP contribution >= 0.6 is 0 Å². The summed E-state index contributed by atoms with van der Waals surface area (Å²) in [4.78, 5) is 16.7. The highest BCUT2D eigenvalue weighted by Gasteiger charge is 2.40. The number of carbonyl (C=O) groups excluding carboxylic acids is 1.